The Morgan fingerprint density at radius 3 is 2.43 bits per heavy atom. The Balaban J connectivity index is 1.49. The number of H-pyrrole nitrogens is 1. The van der Waals surface area contributed by atoms with E-state index >= 15 is 0 Å². The smallest absolute Gasteiger partial charge is 0.268 e. The molecule has 1 fully saturated rings. The Hall–Kier alpha value is -3.73. The Labute approximate surface area is 246 Å². The fourth-order valence-corrected chi connectivity index (χ4v) is 6.34. The quantitative estimate of drug-likeness (QED) is 0.295. The number of halogens is 1. The van der Waals surface area contributed by atoms with E-state index in [0.29, 0.717) is 54.0 Å². The van der Waals surface area contributed by atoms with E-state index in [1.54, 1.807) is 42.5 Å². The standard InChI is InChI=1S/C32H37FN4O4S/c1-32(2,3)23-8-11-26(12-9-23)42(39,40)36(4)25-10-13-28-27(21-25)29(22-6-5-7-24(33)20-22)30(35-28)31(38)34-14-15-37-16-18-41-19-17-37/h5-13,20-21,35H,14-19H2,1-4H3,(H,34,38). The highest BCUT2D eigenvalue weighted by Crippen LogP contribution is 2.36. The topological polar surface area (TPSA) is 94.7 Å². The van der Waals surface area contributed by atoms with Crippen molar-refractivity contribution >= 4 is 32.5 Å². The molecule has 222 valence electrons. The molecule has 0 saturated carbocycles. The molecule has 2 N–H and O–H groups in total. The van der Waals surface area contributed by atoms with E-state index < -0.39 is 15.8 Å². The zero-order valence-electron chi connectivity index (χ0n) is 24.4. The van der Waals surface area contributed by atoms with Gasteiger partial charge in [-0.25, -0.2) is 12.8 Å². The van der Waals surface area contributed by atoms with Gasteiger partial charge >= 0.3 is 0 Å². The van der Waals surface area contributed by atoms with Gasteiger partial charge in [-0.1, -0.05) is 45.0 Å². The van der Waals surface area contributed by atoms with Crippen LogP contribution >= 0.6 is 0 Å². The number of amides is 1. The summed E-state index contributed by atoms with van der Waals surface area (Å²) in [6, 6.07) is 18.1. The van der Waals surface area contributed by atoms with Crippen LogP contribution in [-0.2, 0) is 20.2 Å². The van der Waals surface area contributed by atoms with E-state index in [1.165, 1.54) is 23.5 Å². The van der Waals surface area contributed by atoms with E-state index in [0.717, 1.165) is 18.7 Å². The number of aromatic nitrogens is 1. The Bertz CT molecular complexity index is 1690. The van der Waals surface area contributed by atoms with Gasteiger partial charge in [-0.15, -0.1) is 0 Å². The molecule has 1 amide bonds. The van der Waals surface area contributed by atoms with Gasteiger partial charge in [0.25, 0.3) is 15.9 Å². The average molecular weight is 593 g/mol. The summed E-state index contributed by atoms with van der Waals surface area (Å²) >= 11 is 0. The van der Waals surface area contributed by atoms with Crippen LogP contribution in [0.1, 0.15) is 36.8 Å². The third-order valence-electron chi connectivity index (χ3n) is 7.68. The number of aromatic amines is 1. The molecule has 0 unspecified atom stereocenters. The normalized spacial score (nSPS) is 14.7. The lowest BCUT2D eigenvalue weighted by molar-refractivity contribution is 0.0383. The van der Waals surface area contributed by atoms with E-state index in [2.05, 4.69) is 36.0 Å². The number of carbonyl (C=O) groups excluding carboxylic acids is 1. The molecule has 0 atom stereocenters. The summed E-state index contributed by atoms with van der Waals surface area (Å²) in [5.74, 6) is -0.754. The molecule has 42 heavy (non-hydrogen) atoms. The zero-order chi connectivity index (χ0) is 30.1. The molecular weight excluding hydrogens is 555 g/mol. The number of carbonyl (C=O) groups is 1. The number of benzene rings is 3. The number of hydrogen-bond acceptors (Lipinski definition) is 5. The summed E-state index contributed by atoms with van der Waals surface area (Å²) < 4.78 is 48.1. The number of hydrogen-bond donors (Lipinski definition) is 2. The van der Waals surface area contributed by atoms with Crippen LogP contribution in [0.3, 0.4) is 0 Å². The second kappa shape index (κ2) is 11.9. The van der Waals surface area contributed by atoms with Crippen molar-refractivity contribution in [2.75, 3.05) is 50.7 Å². The summed E-state index contributed by atoms with van der Waals surface area (Å²) in [7, 11) is -2.37. The number of morpholine rings is 1. The van der Waals surface area contributed by atoms with Crippen LogP contribution in [0, 0.1) is 5.82 Å². The van der Waals surface area contributed by atoms with Crippen molar-refractivity contribution < 1.29 is 22.3 Å². The molecule has 1 aliphatic rings. The summed E-state index contributed by atoms with van der Waals surface area (Å²) in [4.78, 5) is 19.0. The Morgan fingerprint density at radius 1 is 1.05 bits per heavy atom. The van der Waals surface area contributed by atoms with Crippen LogP contribution in [0.5, 0.6) is 0 Å². The van der Waals surface area contributed by atoms with Crippen LogP contribution in [0.25, 0.3) is 22.0 Å². The number of anilines is 1. The monoisotopic (exact) mass is 592 g/mol. The fourth-order valence-electron chi connectivity index (χ4n) is 5.15. The van der Waals surface area contributed by atoms with Crippen LogP contribution in [0.2, 0.25) is 0 Å². The number of fused-ring (bicyclic) bond motifs is 1. The number of sulfonamides is 1. The molecule has 0 bridgehead atoms. The van der Waals surface area contributed by atoms with Gasteiger partial charge in [0.15, 0.2) is 0 Å². The van der Waals surface area contributed by atoms with Gasteiger partial charge in [0.05, 0.1) is 23.8 Å². The van der Waals surface area contributed by atoms with Crippen LogP contribution in [0.15, 0.2) is 71.6 Å². The first-order chi connectivity index (χ1) is 19.9. The minimum Gasteiger partial charge on any atom is -0.379 e. The summed E-state index contributed by atoms with van der Waals surface area (Å²) in [6.07, 6.45) is 0. The highest BCUT2D eigenvalue weighted by atomic mass is 32.2. The number of nitrogens with zero attached hydrogens (tertiary/aromatic N) is 2. The third-order valence-corrected chi connectivity index (χ3v) is 9.48. The number of rotatable bonds is 8. The van der Waals surface area contributed by atoms with Crippen molar-refractivity contribution in [2.45, 2.75) is 31.1 Å². The maximum atomic E-state index is 14.3. The second-order valence-corrected chi connectivity index (χ2v) is 13.5. The van der Waals surface area contributed by atoms with Gasteiger partial charge in [-0.2, -0.15) is 0 Å². The lowest BCUT2D eigenvalue weighted by Gasteiger charge is -2.26. The molecule has 1 aliphatic heterocycles. The van der Waals surface area contributed by atoms with E-state index in [1.807, 2.05) is 12.1 Å². The van der Waals surface area contributed by atoms with Gasteiger partial charge in [0.1, 0.15) is 11.5 Å². The lowest BCUT2D eigenvalue weighted by Crippen LogP contribution is -2.41. The molecule has 5 rings (SSSR count). The molecule has 2 heterocycles. The van der Waals surface area contributed by atoms with Crippen molar-refractivity contribution in [1.29, 1.82) is 0 Å². The van der Waals surface area contributed by atoms with Crippen LogP contribution in [0.4, 0.5) is 10.1 Å². The first-order valence-electron chi connectivity index (χ1n) is 14.0. The molecule has 4 aromatic rings. The Morgan fingerprint density at radius 2 is 1.76 bits per heavy atom. The largest absolute Gasteiger partial charge is 0.379 e. The summed E-state index contributed by atoms with van der Waals surface area (Å²) in [5, 5.41) is 3.59. The first-order valence-corrected chi connectivity index (χ1v) is 15.5. The van der Waals surface area contributed by atoms with Crippen molar-refractivity contribution in [3.63, 3.8) is 0 Å². The third kappa shape index (κ3) is 6.21. The molecule has 10 heteroatoms. The van der Waals surface area contributed by atoms with E-state index in [-0.39, 0.29) is 21.9 Å². The molecule has 8 nitrogen and oxygen atoms in total. The maximum absolute atomic E-state index is 14.3. The van der Waals surface area contributed by atoms with Gasteiger partial charge in [-0.3, -0.25) is 14.0 Å². The second-order valence-electron chi connectivity index (χ2n) is 11.6. The van der Waals surface area contributed by atoms with Crippen LogP contribution < -0.4 is 9.62 Å². The lowest BCUT2D eigenvalue weighted by atomic mass is 9.87. The van der Waals surface area contributed by atoms with Gasteiger partial charge < -0.3 is 15.0 Å². The summed E-state index contributed by atoms with van der Waals surface area (Å²) in [6.45, 7) is 10.3. The molecular formula is C32H37FN4O4S. The van der Waals surface area contributed by atoms with Crippen molar-refractivity contribution in [3.8, 4) is 11.1 Å². The molecule has 0 spiro atoms. The number of ether oxygens (including phenoxy) is 1. The molecule has 0 aliphatic carbocycles. The van der Waals surface area contributed by atoms with Gasteiger partial charge in [0.2, 0.25) is 0 Å². The van der Waals surface area contributed by atoms with Crippen molar-refractivity contribution in [2.24, 2.45) is 0 Å². The highest BCUT2D eigenvalue weighted by molar-refractivity contribution is 7.92. The first kappa shape index (κ1) is 29.8. The maximum Gasteiger partial charge on any atom is 0.268 e. The summed E-state index contributed by atoms with van der Waals surface area (Å²) in [5.41, 5.74) is 3.30. The predicted octanol–water partition coefficient (Wildman–Crippen LogP) is 5.16. The van der Waals surface area contributed by atoms with E-state index in [9.17, 15) is 17.6 Å². The van der Waals surface area contributed by atoms with Crippen molar-refractivity contribution in [1.82, 2.24) is 15.2 Å². The van der Waals surface area contributed by atoms with E-state index in [4.69, 9.17) is 4.74 Å². The Kier molecular flexibility index (Phi) is 8.41. The molecule has 3 aromatic carbocycles. The predicted molar refractivity (Wildman–Crippen MR) is 164 cm³/mol. The molecule has 1 aromatic heterocycles. The van der Waals surface area contributed by atoms with Crippen molar-refractivity contribution in [3.05, 3.63) is 83.8 Å². The minimum atomic E-state index is -3.87. The molecule has 1 saturated heterocycles. The SMILES string of the molecule is CN(c1ccc2[nH]c(C(=O)NCCN3CCOCC3)c(-c3cccc(F)c3)c2c1)S(=O)(=O)c1ccc(C(C)(C)C)cc1. The number of nitrogens with one attached hydrogen (secondary N) is 2. The fraction of sp³-hybridized carbons (Fsp3) is 0.344. The minimum absolute atomic E-state index is 0.104. The molecule has 0 radical (unpaired) electrons. The average Bonchev–Trinajstić information content (AvgIpc) is 3.36. The zero-order valence-corrected chi connectivity index (χ0v) is 25.2. The highest BCUT2D eigenvalue weighted by Gasteiger charge is 2.25. The van der Waals surface area contributed by atoms with Crippen LogP contribution in [-0.4, -0.2) is 70.6 Å². The van der Waals surface area contributed by atoms with Gasteiger partial charge in [0, 0.05) is 49.7 Å². The van der Waals surface area contributed by atoms with Gasteiger partial charge in [-0.05, 0) is 59.0 Å².